The second-order valence-electron chi connectivity index (χ2n) is 10.8. The summed E-state index contributed by atoms with van der Waals surface area (Å²) in [5, 5.41) is 13.0. The van der Waals surface area contributed by atoms with Crippen LogP contribution in [-0.4, -0.2) is 40.8 Å². The van der Waals surface area contributed by atoms with Gasteiger partial charge in [-0.1, -0.05) is 60.7 Å². The third-order valence-electron chi connectivity index (χ3n) is 8.90. The van der Waals surface area contributed by atoms with E-state index in [9.17, 15) is 5.11 Å². The van der Waals surface area contributed by atoms with E-state index in [0.717, 1.165) is 52.8 Å². The number of halogens is 1. The lowest BCUT2D eigenvalue weighted by molar-refractivity contribution is -0.984. The van der Waals surface area contributed by atoms with Crippen LogP contribution in [0.2, 0.25) is 0 Å². The van der Waals surface area contributed by atoms with Crippen LogP contribution in [0.25, 0.3) is 22.0 Å². The third kappa shape index (κ3) is 4.73. The highest BCUT2D eigenvalue weighted by Crippen LogP contribution is 2.48. The molecule has 7 rings (SSSR count). The lowest BCUT2D eigenvalue weighted by Crippen LogP contribution is -3.00. The second-order valence-corrected chi connectivity index (χ2v) is 10.8. The van der Waals surface area contributed by atoms with Crippen molar-refractivity contribution in [3.63, 3.8) is 0 Å². The van der Waals surface area contributed by atoms with Gasteiger partial charge in [-0.25, -0.2) is 0 Å². The molecule has 5 heteroatoms. The Bertz CT molecular complexity index is 1410. The zero-order valence-electron chi connectivity index (χ0n) is 21.8. The Balaban J connectivity index is 0.00000294. The van der Waals surface area contributed by atoms with Gasteiger partial charge in [-0.2, -0.15) is 0 Å². The Morgan fingerprint density at radius 1 is 1.05 bits per heavy atom. The molecule has 4 nitrogen and oxygen atoms in total. The molecule has 5 atom stereocenters. The SMILES string of the molecule is C=CC1C[N+]2(Cc3ccc(-c4ccccc4)cc3)CCC1CC2[C@H](O)c1ccnc2ccc(OC)cc12.[Cl-]. The number of pyridine rings is 1. The molecule has 0 saturated carbocycles. The first kappa shape index (κ1) is 26.4. The molecule has 3 aromatic carbocycles. The highest BCUT2D eigenvalue weighted by molar-refractivity contribution is 5.84. The van der Waals surface area contributed by atoms with E-state index in [0.29, 0.717) is 11.8 Å². The van der Waals surface area contributed by atoms with E-state index in [1.807, 2.05) is 30.5 Å². The average Bonchev–Trinajstić information content (AvgIpc) is 2.97. The quantitative estimate of drug-likeness (QED) is 0.296. The largest absolute Gasteiger partial charge is 1.00 e. The van der Waals surface area contributed by atoms with Gasteiger partial charge >= 0.3 is 0 Å². The van der Waals surface area contributed by atoms with Gasteiger partial charge in [0.25, 0.3) is 0 Å². The van der Waals surface area contributed by atoms with Crippen LogP contribution >= 0.6 is 0 Å². The standard InChI is InChI=1S/C33H35N2O2.ClH/c1-3-24-22-35(21-23-9-11-26(12-10-23)25-7-5-4-6-8-25)18-16-27(24)19-32(35)33(36)29-15-17-34-31-14-13-28(37-2)20-30(29)31;/h3-15,17,20,24,27,32-33,36H,1,16,18-19,21-22H2,2H3;1H/q+1;/p-1/t24?,27?,32?,33-,35?;/m1./s1. The lowest BCUT2D eigenvalue weighted by atomic mass is 9.71. The van der Waals surface area contributed by atoms with Gasteiger partial charge in [-0.15, -0.1) is 6.58 Å². The fourth-order valence-corrected chi connectivity index (χ4v) is 6.92. The lowest BCUT2D eigenvalue weighted by Gasteiger charge is -2.58. The number of piperidine rings is 3. The Labute approximate surface area is 231 Å². The minimum absolute atomic E-state index is 0. The van der Waals surface area contributed by atoms with Gasteiger partial charge < -0.3 is 26.7 Å². The summed E-state index contributed by atoms with van der Waals surface area (Å²) < 4.78 is 6.39. The number of fused-ring (bicyclic) bond motifs is 4. The van der Waals surface area contributed by atoms with E-state index >= 15 is 0 Å². The number of ether oxygens (including phenoxy) is 1. The molecular formula is C33H35ClN2O2. The Kier molecular flexibility index (Phi) is 7.58. The number of hydrogen-bond donors (Lipinski definition) is 1. The monoisotopic (exact) mass is 526 g/mol. The van der Waals surface area contributed by atoms with Crippen LogP contribution in [0.4, 0.5) is 0 Å². The number of aliphatic hydroxyl groups excluding tert-OH is 1. The molecule has 0 aliphatic carbocycles. The predicted octanol–water partition coefficient (Wildman–Crippen LogP) is 3.56. The molecule has 2 bridgehead atoms. The van der Waals surface area contributed by atoms with Crippen LogP contribution in [0, 0.1) is 11.8 Å². The minimum Gasteiger partial charge on any atom is -1.00 e. The van der Waals surface area contributed by atoms with Crippen molar-refractivity contribution < 1.29 is 26.7 Å². The third-order valence-corrected chi connectivity index (χ3v) is 8.90. The van der Waals surface area contributed by atoms with Gasteiger partial charge in [0.1, 0.15) is 24.4 Å². The summed E-state index contributed by atoms with van der Waals surface area (Å²) in [6.45, 7) is 7.21. The number of aromatic nitrogens is 1. The van der Waals surface area contributed by atoms with Crippen LogP contribution in [0.1, 0.15) is 30.1 Å². The van der Waals surface area contributed by atoms with Crippen LogP contribution in [0.3, 0.4) is 0 Å². The first-order chi connectivity index (χ1) is 18.1. The second kappa shape index (κ2) is 10.9. The van der Waals surface area contributed by atoms with Crippen LogP contribution in [-0.2, 0) is 6.54 Å². The average molecular weight is 527 g/mol. The molecule has 4 unspecified atom stereocenters. The molecule has 0 radical (unpaired) electrons. The zero-order chi connectivity index (χ0) is 25.4. The fraction of sp³-hybridized carbons (Fsp3) is 0.303. The van der Waals surface area contributed by atoms with Crippen molar-refractivity contribution in [2.24, 2.45) is 11.8 Å². The van der Waals surface area contributed by atoms with E-state index in [1.165, 1.54) is 23.1 Å². The van der Waals surface area contributed by atoms with Crippen molar-refractivity contribution in [2.45, 2.75) is 31.5 Å². The number of methoxy groups -OCH3 is 1. The Hall–Kier alpha value is -3.18. The summed E-state index contributed by atoms with van der Waals surface area (Å²) in [5.74, 6) is 1.86. The molecule has 1 aromatic heterocycles. The van der Waals surface area contributed by atoms with E-state index in [2.05, 4.69) is 72.2 Å². The molecule has 1 N–H and O–H groups in total. The maximum atomic E-state index is 12.0. The number of hydrogen-bond acceptors (Lipinski definition) is 3. The summed E-state index contributed by atoms with van der Waals surface area (Å²) in [6, 6.07) is 27.6. The molecule has 3 fully saturated rings. The van der Waals surface area contributed by atoms with Crippen LogP contribution in [0.15, 0.2) is 97.7 Å². The molecule has 0 amide bonds. The molecule has 3 aliphatic heterocycles. The van der Waals surface area contributed by atoms with Gasteiger partial charge in [0.15, 0.2) is 0 Å². The number of benzene rings is 3. The topological polar surface area (TPSA) is 42.4 Å². The summed E-state index contributed by atoms with van der Waals surface area (Å²) >= 11 is 0. The van der Waals surface area contributed by atoms with E-state index in [1.54, 1.807) is 7.11 Å². The summed E-state index contributed by atoms with van der Waals surface area (Å²) in [5.41, 5.74) is 5.63. The van der Waals surface area contributed by atoms with E-state index in [-0.39, 0.29) is 18.4 Å². The number of rotatable bonds is 7. The highest BCUT2D eigenvalue weighted by atomic mass is 35.5. The van der Waals surface area contributed by atoms with Gasteiger partial charge in [0.05, 0.1) is 25.7 Å². The maximum absolute atomic E-state index is 12.0. The smallest absolute Gasteiger partial charge is 0.131 e. The normalized spacial score (nSPS) is 24.9. The fourth-order valence-electron chi connectivity index (χ4n) is 6.92. The van der Waals surface area contributed by atoms with Crippen LogP contribution in [0.5, 0.6) is 5.75 Å². The zero-order valence-corrected chi connectivity index (χ0v) is 22.6. The first-order valence-electron chi connectivity index (χ1n) is 13.3. The van der Waals surface area contributed by atoms with Gasteiger partial charge in [0, 0.05) is 35.9 Å². The summed E-state index contributed by atoms with van der Waals surface area (Å²) in [7, 11) is 1.68. The number of aliphatic hydroxyl groups is 1. The van der Waals surface area contributed by atoms with Crippen molar-refractivity contribution in [3.8, 4) is 16.9 Å². The first-order valence-corrected chi connectivity index (χ1v) is 13.3. The maximum Gasteiger partial charge on any atom is 0.131 e. The van der Waals surface area contributed by atoms with Crippen LogP contribution < -0.4 is 17.1 Å². The molecule has 38 heavy (non-hydrogen) atoms. The van der Waals surface area contributed by atoms with Crippen molar-refractivity contribution in [1.82, 2.24) is 4.98 Å². The summed E-state index contributed by atoms with van der Waals surface area (Å²) in [6.07, 6.45) is 5.60. The molecule has 3 aliphatic rings. The number of nitrogens with zero attached hydrogens (tertiary/aromatic N) is 2. The summed E-state index contributed by atoms with van der Waals surface area (Å²) in [4.78, 5) is 4.55. The molecule has 4 aromatic rings. The Morgan fingerprint density at radius 3 is 2.55 bits per heavy atom. The molecular weight excluding hydrogens is 492 g/mol. The number of quaternary nitrogens is 1. The van der Waals surface area contributed by atoms with Crippen molar-refractivity contribution in [2.75, 3.05) is 20.2 Å². The van der Waals surface area contributed by atoms with E-state index in [4.69, 9.17) is 4.74 Å². The van der Waals surface area contributed by atoms with Gasteiger partial charge in [0.2, 0.25) is 0 Å². The minimum atomic E-state index is -0.574. The van der Waals surface area contributed by atoms with Gasteiger partial charge in [-0.3, -0.25) is 4.98 Å². The van der Waals surface area contributed by atoms with Crippen molar-refractivity contribution in [1.29, 1.82) is 0 Å². The predicted molar refractivity (Wildman–Crippen MR) is 149 cm³/mol. The molecule has 4 heterocycles. The molecule has 196 valence electrons. The Morgan fingerprint density at radius 2 is 1.82 bits per heavy atom. The highest BCUT2D eigenvalue weighted by Gasteiger charge is 2.54. The van der Waals surface area contributed by atoms with Crippen molar-refractivity contribution in [3.05, 3.63) is 109 Å². The van der Waals surface area contributed by atoms with E-state index < -0.39 is 6.10 Å². The molecule has 0 spiro atoms. The molecule has 3 saturated heterocycles. The van der Waals surface area contributed by atoms with Gasteiger partial charge in [-0.05, 0) is 46.9 Å². The van der Waals surface area contributed by atoms with Crippen molar-refractivity contribution >= 4 is 10.9 Å².